The number of aliphatic carboxylic acids is 1. The first-order valence-electron chi connectivity index (χ1n) is 15.0. The van der Waals surface area contributed by atoms with E-state index in [4.69, 9.17) is 5.10 Å². The number of hydrogen-bond donors (Lipinski definition) is 1. The van der Waals surface area contributed by atoms with E-state index in [9.17, 15) is 14.3 Å². The highest BCUT2D eigenvalue weighted by molar-refractivity contribution is 5.76. The first-order chi connectivity index (χ1) is 18.5. The Labute approximate surface area is 226 Å². The molecular formula is C31H43FN4O2. The van der Waals surface area contributed by atoms with Crippen molar-refractivity contribution in [3.63, 3.8) is 0 Å². The van der Waals surface area contributed by atoms with Crippen molar-refractivity contribution in [3.8, 4) is 0 Å². The third-order valence-corrected chi connectivity index (χ3v) is 10.1. The molecule has 4 aliphatic rings. The van der Waals surface area contributed by atoms with Crippen molar-refractivity contribution in [3.05, 3.63) is 52.6 Å². The molecule has 1 aromatic heterocycles. The van der Waals surface area contributed by atoms with E-state index in [1.165, 1.54) is 49.6 Å². The summed E-state index contributed by atoms with van der Waals surface area (Å²) in [6.45, 7) is 8.83. The van der Waals surface area contributed by atoms with Gasteiger partial charge in [0, 0.05) is 44.3 Å². The first kappa shape index (κ1) is 26.0. The van der Waals surface area contributed by atoms with Gasteiger partial charge < -0.3 is 14.9 Å². The molecule has 3 aliphatic heterocycles. The number of rotatable bonds is 8. The van der Waals surface area contributed by atoms with Gasteiger partial charge in [-0.1, -0.05) is 25.5 Å². The maximum absolute atomic E-state index is 14.2. The SMILES string of the molecule is CCc1nn2c(c1C1CCN(C[C@@H]3CN(CC4(C(=O)O)CCC4)C[C@@H]3c3cccc(F)c3)CC1)CCCC2. The lowest BCUT2D eigenvalue weighted by Gasteiger charge is -2.40. The fourth-order valence-electron chi connectivity index (χ4n) is 7.90. The Morgan fingerprint density at radius 2 is 1.92 bits per heavy atom. The molecule has 2 atom stereocenters. The Hall–Kier alpha value is -2.25. The summed E-state index contributed by atoms with van der Waals surface area (Å²) in [4.78, 5) is 17.0. The maximum atomic E-state index is 14.2. The Morgan fingerprint density at radius 3 is 2.61 bits per heavy atom. The van der Waals surface area contributed by atoms with E-state index >= 15 is 0 Å². The van der Waals surface area contributed by atoms with Crippen LogP contribution < -0.4 is 0 Å². The minimum Gasteiger partial charge on any atom is -0.481 e. The molecule has 0 bridgehead atoms. The number of piperidine rings is 1. The van der Waals surface area contributed by atoms with Crippen molar-refractivity contribution in [2.24, 2.45) is 11.3 Å². The molecule has 1 N–H and O–H groups in total. The molecule has 2 aromatic rings. The van der Waals surface area contributed by atoms with Gasteiger partial charge in [-0.25, -0.2) is 4.39 Å². The number of carbonyl (C=O) groups is 1. The van der Waals surface area contributed by atoms with Gasteiger partial charge in [0.1, 0.15) is 5.82 Å². The lowest BCUT2D eigenvalue weighted by molar-refractivity contribution is -0.156. The second-order valence-electron chi connectivity index (χ2n) is 12.5. The Morgan fingerprint density at radius 1 is 1.11 bits per heavy atom. The summed E-state index contributed by atoms with van der Waals surface area (Å²) < 4.78 is 16.5. The molecule has 38 heavy (non-hydrogen) atoms. The molecule has 2 saturated heterocycles. The minimum atomic E-state index is -0.648. The van der Waals surface area contributed by atoms with Crippen molar-refractivity contribution in [1.29, 1.82) is 0 Å². The van der Waals surface area contributed by atoms with Gasteiger partial charge in [-0.15, -0.1) is 0 Å². The molecule has 0 radical (unpaired) electrons. The van der Waals surface area contributed by atoms with E-state index < -0.39 is 11.4 Å². The number of aromatic nitrogens is 2. The number of likely N-dealkylation sites (tertiary alicyclic amines) is 2. The third kappa shape index (κ3) is 4.92. The predicted molar refractivity (Wildman–Crippen MR) is 146 cm³/mol. The first-order valence-corrected chi connectivity index (χ1v) is 15.0. The van der Waals surface area contributed by atoms with Crippen LogP contribution in [0.4, 0.5) is 4.39 Å². The summed E-state index contributed by atoms with van der Waals surface area (Å²) in [7, 11) is 0. The zero-order valence-corrected chi connectivity index (χ0v) is 22.9. The van der Waals surface area contributed by atoms with Crippen LogP contribution in [-0.2, 0) is 24.2 Å². The fourth-order valence-corrected chi connectivity index (χ4v) is 7.90. The average Bonchev–Trinajstić information content (AvgIpc) is 3.47. The van der Waals surface area contributed by atoms with Crippen LogP contribution in [0.15, 0.2) is 24.3 Å². The van der Waals surface area contributed by atoms with Crippen molar-refractivity contribution >= 4 is 5.97 Å². The van der Waals surface area contributed by atoms with Crippen LogP contribution >= 0.6 is 0 Å². The topological polar surface area (TPSA) is 61.6 Å². The summed E-state index contributed by atoms with van der Waals surface area (Å²) in [6.07, 6.45) is 9.63. The Bertz CT molecular complexity index is 1150. The molecule has 4 heterocycles. The zero-order chi connectivity index (χ0) is 26.3. The van der Waals surface area contributed by atoms with E-state index in [1.54, 1.807) is 11.6 Å². The average molecular weight is 523 g/mol. The third-order valence-electron chi connectivity index (χ3n) is 10.1. The standard InChI is InChI=1S/C31H43FN4O2/c1-2-27-29(28-9-3-4-14-36(28)33-27)22-10-15-34(16-11-22)18-24-19-35(21-31(30(37)38)12-6-13-31)20-26(24)23-7-5-8-25(32)17-23/h5,7-8,17,22,24,26H,2-4,6,9-16,18-21H2,1H3,(H,37,38)/t24-,26-/m1/s1. The van der Waals surface area contributed by atoms with Gasteiger partial charge in [-0.3, -0.25) is 9.48 Å². The highest BCUT2D eigenvalue weighted by atomic mass is 19.1. The molecule has 1 aromatic carbocycles. The quantitative estimate of drug-likeness (QED) is 0.525. The second-order valence-corrected chi connectivity index (χ2v) is 12.5. The van der Waals surface area contributed by atoms with E-state index in [-0.39, 0.29) is 11.7 Å². The summed E-state index contributed by atoms with van der Waals surface area (Å²) in [5.74, 6) is 0.400. The number of carboxylic acids is 1. The number of aryl methyl sites for hydroxylation is 2. The summed E-state index contributed by atoms with van der Waals surface area (Å²) in [6, 6.07) is 7.09. The van der Waals surface area contributed by atoms with Gasteiger partial charge in [-0.05, 0) is 99.6 Å². The van der Waals surface area contributed by atoms with Crippen molar-refractivity contribution < 1.29 is 14.3 Å². The summed E-state index contributed by atoms with van der Waals surface area (Å²) in [5, 5.41) is 14.9. The largest absolute Gasteiger partial charge is 0.481 e. The van der Waals surface area contributed by atoms with Gasteiger partial charge in [-0.2, -0.15) is 5.10 Å². The fraction of sp³-hybridized carbons (Fsp3) is 0.677. The summed E-state index contributed by atoms with van der Waals surface area (Å²) >= 11 is 0. The van der Waals surface area contributed by atoms with Crippen molar-refractivity contribution in [1.82, 2.24) is 19.6 Å². The number of benzene rings is 1. The van der Waals surface area contributed by atoms with Crippen LogP contribution in [0.25, 0.3) is 0 Å². The Balaban J connectivity index is 1.14. The normalized spacial score (nSPS) is 26.3. The molecule has 206 valence electrons. The lowest BCUT2D eigenvalue weighted by Crippen LogP contribution is -2.47. The van der Waals surface area contributed by atoms with Crippen LogP contribution in [0, 0.1) is 17.2 Å². The predicted octanol–water partition coefficient (Wildman–Crippen LogP) is 5.07. The number of carboxylic acid groups (broad SMARTS) is 1. The molecule has 0 unspecified atom stereocenters. The molecule has 6 nitrogen and oxygen atoms in total. The molecule has 0 spiro atoms. The van der Waals surface area contributed by atoms with Crippen molar-refractivity contribution in [2.45, 2.75) is 83.1 Å². The van der Waals surface area contributed by atoms with Gasteiger partial charge in [0.25, 0.3) is 0 Å². The minimum absolute atomic E-state index is 0.183. The molecule has 1 aliphatic carbocycles. The van der Waals surface area contributed by atoms with Crippen LogP contribution in [0.2, 0.25) is 0 Å². The van der Waals surface area contributed by atoms with E-state index in [0.29, 0.717) is 18.4 Å². The monoisotopic (exact) mass is 522 g/mol. The van der Waals surface area contributed by atoms with Gasteiger partial charge in [0.05, 0.1) is 11.1 Å². The lowest BCUT2D eigenvalue weighted by atomic mass is 9.68. The molecule has 0 amide bonds. The second kappa shape index (κ2) is 10.7. The van der Waals surface area contributed by atoms with E-state index in [0.717, 1.165) is 70.5 Å². The van der Waals surface area contributed by atoms with Crippen LogP contribution in [0.3, 0.4) is 0 Å². The number of hydrogen-bond acceptors (Lipinski definition) is 4. The van der Waals surface area contributed by atoms with E-state index in [2.05, 4.69) is 27.5 Å². The van der Waals surface area contributed by atoms with Gasteiger partial charge in [0.2, 0.25) is 0 Å². The van der Waals surface area contributed by atoms with Crippen molar-refractivity contribution in [2.75, 3.05) is 39.3 Å². The summed E-state index contributed by atoms with van der Waals surface area (Å²) in [5.41, 5.74) is 4.87. The molecule has 1 saturated carbocycles. The molecule has 3 fully saturated rings. The van der Waals surface area contributed by atoms with E-state index in [1.807, 2.05) is 6.07 Å². The molecule has 7 heteroatoms. The van der Waals surface area contributed by atoms with Crippen LogP contribution in [-0.4, -0.2) is 69.9 Å². The van der Waals surface area contributed by atoms with Crippen LogP contribution in [0.1, 0.15) is 86.2 Å². The molecular weight excluding hydrogens is 479 g/mol. The maximum Gasteiger partial charge on any atom is 0.310 e. The number of halogens is 1. The number of nitrogens with zero attached hydrogens (tertiary/aromatic N) is 4. The molecule has 6 rings (SSSR count). The number of fused-ring (bicyclic) bond motifs is 1. The smallest absolute Gasteiger partial charge is 0.310 e. The Kier molecular flexibility index (Phi) is 7.34. The highest BCUT2D eigenvalue weighted by Gasteiger charge is 2.48. The zero-order valence-electron chi connectivity index (χ0n) is 22.9. The highest BCUT2D eigenvalue weighted by Crippen LogP contribution is 2.44. The van der Waals surface area contributed by atoms with Gasteiger partial charge >= 0.3 is 5.97 Å². The van der Waals surface area contributed by atoms with Gasteiger partial charge in [0.15, 0.2) is 0 Å². The van der Waals surface area contributed by atoms with Crippen LogP contribution in [0.5, 0.6) is 0 Å².